The highest BCUT2D eigenvalue weighted by atomic mass is 32.1. The number of rotatable bonds is 6. The SMILES string of the molecule is CN=C(NCC(C)(C)c1cccs1)NC1CCN(CC(C)C)CC1. The summed E-state index contributed by atoms with van der Waals surface area (Å²) >= 11 is 1.82. The summed E-state index contributed by atoms with van der Waals surface area (Å²) in [5.41, 5.74) is 0.117. The quantitative estimate of drug-likeness (QED) is 0.611. The average Bonchev–Trinajstić information content (AvgIpc) is 3.08. The molecule has 0 spiro atoms. The van der Waals surface area contributed by atoms with Gasteiger partial charge in [0.2, 0.25) is 0 Å². The molecule has 0 bridgehead atoms. The van der Waals surface area contributed by atoms with Crippen molar-refractivity contribution in [3.8, 4) is 0 Å². The second-order valence-corrected chi connectivity index (χ2v) is 8.85. The van der Waals surface area contributed by atoms with Crippen molar-refractivity contribution < 1.29 is 0 Å². The maximum absolute atomic E-state index is 4.42. The highest BCUT2D eigenvalue weighted by molar-refractivity contribution is 7.10. The molecule has 1 saturated heterocycles. The van der Waals surface area contributed by atoms with Crippen LogP contribution in [0.2, 0.25) is 0 Å². The standard InChI is InChI=1S/C19H34N4S/c1-15(2)13-23-10-8-16(9-11-23)22-18(20-5)21-14-19(3,4)17-7-6-12-24-17/h6-7,12,15-16H,8-11,13-14H2,1-5H3,(H2,20,21,22). The fraction of sp³-hybridized carbons (Fsp3) is 0.737. The summed E-state index contributed by atoms with van der Waals surface area (Å²) in [6.07, 6.45) is 2.39. The molecule has 5 heteroatoms. The molecule has 1 aromatic heterocycles. The van der Waals surface area contributed by atoms with E-state index in [9.17, 15) is 0 Å². The number of nitrogens with zero attached hydrogens (tertiary/aromatic N) is 2. The van der Waals surface area contributed by atoms with Crippen LogP contribution in [-0.4, -0.2) is 50.1 Å². The van der Waals surface area contributed by atoms with Crippen LogP contribution in [0.1, 0.15) is 45.4 Å². The smallest absolute Gasteiger partial charge is 0.191 e. The molecule has 0 amide bonds. The van der Waals surface area contributed by atoms with Gasteiger partial charge in [-0.05, 0) is 30.2 Å². The zero-order valence-electron chi connectivity index (χ0n) is 15.9. The maximum atomic E-state index is 4.42. The molecule has 0 aromatic carbocycles. The Labute approximate surface area is 151 Å². The van der Waals surface area contributed by atoms with Crippen LogP contribution < -0.4 is 10.6 Å². The molecule has 0 atom stereocenters. The molecule has 2 heterocycles. The van der Waals surface area contributed by atoms with Gasteiger partial charge in [0.05, 0.1) is 0 Å². The third kappa shape index (κ3) is 5.78. The van der Waals surface area contributed by atoms with E-state index >= 15 is 0 Å². The Hall–Kier alpha value is -1.07. The molecule has 0 saturated carbocycles. The van der Waals surface area contributed by atoms with Crippen molar-refractivity contribution in [3.05, 3.63) is 22.4 Å². The maximum Gasteiger partial charge on any atom is 0.191 e. The molecular weight excluding hydrogens is 316 g/mol. The van der Waals surface area contributed by atoms with Gasteiger partial charge in [0.15, 0.2) is 5.96 Å². The number of guanidine groups is 1. The molecular formula is C19H34N4S. The Kier molecular flexibility index (Phi) is 7.11. The molecule has 2 N–H and O–H groups in total. The Balaban J connectivity index is 1.77. The van der Waals surface area contributed by atoms with Gasteiger partial charge in [0, 0.05) is 49.6 Å². The zero-order chi connectivity index (χ0) is 17.6. The summed E-state index contributed by atoms with van der Waals surface area (Å²) in [5.74, 6) is 1.69. The second kappa shape index (κ2) is 8.86. The molecule has 1 aliphatic rings. The van der Waals surface area contributed by atoms with Crippen molar-refractivity contribution in [2.45, 2.75) is 52.0 Å². The summed E-state index contributed by atoms with van der Waals surface area (Å²) in [6.45, 7) is 13.6. The zero-order valence-corrected chi connectivity index (χ0v) is 16.7. The fourth-order valence-corrected chi connectivity index (χ4v) is 4.07. The summed E-state index contributed by atoms with van der Waals surface area (Å²) in [4.78, 5) is 8.41. The lowest BCUT2D eigenvalue weighted by atomic mass is 9.91. The van der Waals surface area contributed by atoms with Gasteiger partial charge in [-0.15, -0.1) is 11.3 Å². The van der Waals surface area contributed by atoms with Crippen LogP contribution in [0.5, 0.6) is 0 Å². The van der Waals surface area contributed by atoms with Gasteiger partial charge in [0.25, 0.3) is 0 Å². The van der Waals surface area contributed by atoms with Gasteiger partial charge in [-0.2, -0.15) is 0 Å². The summed E-state index contributed by atoms with van der Waals surface area (Å²) < 4.78 is 0. The van der Waals surface area contributed by atoms with Gasteiger partial charge in [-0.1, -0.05) is 33.8 Å². The van der Waals surface area contributed by atoms with Crippen LogP contribution in [0, 0.1) is 5.92 Å². The van der Waals surface area contributed by atoms with Gasteiger partial charge >= 0.3 is 0 Å². The average molecular weight is 351 g/mol. The molecule has 4 nitrogen and oxygen atoms in total. The minimum atomic E-state index is 0.117. The van der Waals surface area contributed by atoms with E-state index in [1.807, 2.05) is 18.4 Å². The lowest BCUT2D eigenvalue weighted by molar-refractivity contribution is 0.187. The largest absolute Gasteiger partial charge is 0.356 e. The second-order valence-electron chi connectivity index (χ2n) is 7.90. The number of nitrogens with one attached hydrogen (secondary N) is 2. The van der Waals surface area contributed by atoms with Gasteiger partial charge in [0.1, 0.15) is 0 Å². The van der Waals surface area contributed by atoms with Crippen LogP contribution >= 0.6 is 11.3 Å². The predicted molar refractivity (Wildman–Crippen MR) is 106 cm³/mol. The van der Waals surface area contributed by atoms with Gasteiger partial charge in [-0.25, -0.2) is 0 Å². The van der Waals surface area contributed by atoms with Crippen LogP contribution in [0.3, 0.4) is 0 Å². The van der Waals surface area contributed by atoms with E-state index in [1.54, 1.807) is 0 Å². The van der Waals surface area contributed by atoms with Crippen molar-refractivity contribution in [2.24, 2.45) is 10.9 Å². The first-order chi connectivity index (χ1) is 11.4. The number of hydrogen-bond donors (Lipinski definition) is 2. The van der Waals surface area contributed by atoms with Gasteiger partial charge in [-0.3, -0.25) is 4.99 Å². The third-order valence-electron chi connectivity index (χ3n) is 4.66. The highest BCUT2D eigenvalue weighted by Gasteiger charge is 2.24. The number of thiophene rings is 1. The molecule has 1 aliphatic heterocycles. The Morgan fingerprint density at radius 3 is 2.62 bits per heavy atom. The minimum absolute atomic E-state index is 0.117. The molecule has 1 aromatic rings. The Bertz CT molecular complexity index is 499. The normalized spacial score (nSPS) is 18.2. The van der Waals surface area contributed by atoms with E-state index in [-0.39, 0.29) is 5.41 Å². The van der Waals surface area contributed by atoms with E-state index in [0.717, 1.165) is 18.4 Å². The first kappa shape index (κ1) is 19.3. The molecule has 0 unspecified atom stereocenters. The van der Waals surface area contributed by atoms with Crippen molar-refractivity contribution in [2.75, 3.05) is 33.2 Å². The van der Waals surface area contributed by atoms with E-state index in [4.69, 9.17) is 0 Å². The van der Waals surface area contributed by atoms with E-state index in [2.05, 4.69) is 65.7 Å². The van der Waals surface area contributed by atoms with Crippen molar-refractivity contribution >= 4 is 17.3 Å². The lowest BCUT2D eigenvalue weighted by Crippen LogP contribution is -2.50. The van der Waals surface area contributed by atoms with Crippen LogP contribution in [-0.2, 0) is 5.41 Å². The van der Waals surface area contributed by atoms with Crippen molar-refractivity contribution in [1.82, 2.24) is 15.5 Å². The van der Waals surface area contributed by atoms with Crippen LogP contribution in [0.4, 0.5) is 0 Å². The predicted octanol–water partition coefficient (Wildman–Crippen LogP) is 3.31. The van der Waals surface area contributed by atoms with E-state index in [0.29, 0.717) is 6.04 Å². The topological polar surface area (TPSA) is 39.7 Å². The number of aliphatic imine (C=N–C) groups is 1. The first-order valence-electron chi connectivity index (χ1n) is 9.14. The third-order valence-corrected chi connectivity index (χ3v) is 5.90. The molecule has 24 heavy (non-hydrogen) atoms. The first-order valence-corrected chi connectivity index (χ1v) is 10.0. The highest BCUT2D eigenvalue weighted by Crippen LogP contribution is 2.26. The number of piperidine rings is 1. The summed E-state index contributed by atoms with van der Waals surface area (Å²) in [6, 6.07) is 4.87. The van der Waals surface area contributed by atoms with Crippen LogP contribution in [0.25, 0.3) is 0 Å². The molecule has 136 valence electrons. The Morgan fingerprint density at radius 1 is 1.38 bits per heavy atom. The number of hydrogen-bond acceptors (Lipinski definition) is 3. The molecule has 0 aliphatic carbocycles. The lowest BCUT2D eigenvalue weighted by Gasteiger charge is -2.34. The van der Waals surface area contributed by atoms with Crippen molar-refractivity contribution in [1.29, 1.82) is 0 Å². The van der Waals surface area contributed by atoms with Crippen molar-refractivity contribution in [3.63, 3.8) is 0 Å². The van der Waals surface area contributed by atoms with E-state index < -0.39 is 0 Å². The molecule has 2 rings (SSSR count). The number of likely N-dealkylation sites (tertiary alicyclic amines) is 1. The summed E-state index contributed by atoms with van der Waals surface area (Å²) in [7, 11) is 1.86. The monoisotopic (exact) mass is 350 g/mol. The molecule has 0 radical (unpaired) electrons. The van der Waals surface area contributed by atoms with Crippen LogP contribution in [0.15, 0.2) is 22.5 Å². The Morgan fingerprint density at radius 2 is 2.08 bits per heavy atom. The summed E-state index contributed by atoms with van der Waals surface area (Å²) in [5, 5.41) is 9.28. The van der Waals surface area contributed by atoms with Gasteiger partial charge < -0.3 is 15.5 Å². The van der Waals surface area contributed by atoms with E-state index in [1.165, 1.54) is 37.4 Å². The molecule has 1 fully saturated rings. The fourth-order valence-electron chi connectivity index (χ4n) is 3.22. The minimum Gasteiger partial charge on any atom is -0.356 e.